The summed E-state index contributed by atoms with van der Waals surface area (Å²) in [6.07, 6.45) is 2.46. The molecule has 0 amide bonds. The lowest BCUT2D eigenvalue weighted by molar-refractivity contribution is 0.333. The van der Waals surface area contributed by atoms with Gasteiger partial charge < -0.3 is 10.1 Å². The average molecular weight is 464 g/mol. The Bertz CT molecular complexity index is 1180. The SMILES string of the molecule is CS(=O)(=O)N1CC2CC2C1CNCc1ccc(Oc2nc3cc(Cl)ccc3s2)cc1. The van der Waals surface area contributed by atoms with Crippen molar-refractivity contribution in [3.63, 3.8) is 0 Å². The van der Waals surface area contributed by atoms with E-state index in [1.807, 2.05) is 42.5 Å². The molecule has 30 heavy (non-hydrogen) atoms. The molecule has 1 aliphatic heterocycles. The summed E-state index contributed by atoms with van der Waals surface area (Å²) in [4.78, 5) is 4.47. The van der Waals surface area contributed by atoms with Gasteiger partial charge in [0.25, 0.3) is 5.19 Å². The summed E-state index contributed by atoms with van der Waals surface area (Å²) in [5.74, 6) is 1.80. The van der Waals surface area contributed by atoms with Gasteiger partial charge in [-0.3, -0.25) is 0 Å². The second kappa shape index (κ2) is 7.76. The zero-order chi connectivity index (χ0) is 20.9. The van der Waals surface area contributed by atoms with E-state index in [2.05, 4.69) is 10.3 Å². The monoisotopic (exact) mass is 463 g/mol. The topological polar surface area (TPSA) is 71.5 Å². The molecular formula is C21H22ClN3O3S2. The standard InChI is InChI=1S/C21H22ClN3O3S2/c1-30(26,27)25-12-14-8-17(14)19(25)11-23-10-13-2-5-16(6-3-13)28-21-24-18-9-15(22)4-7-20(18)29-21/h2-7,9,14,17,19,23H,8,10-12H2,1H3. The molecule has 1 aromatic heterocycles. The summed E-state index contributed by atoms with van der Waals surface area (Å²) in [7, 11) is -3.13. The van der Waals surface area contributed by atoms with Crippen LogP contribution in [0.5, 0.6) is 10.9 Å². The van der Waals surface area contributed by atoms with Gasteiger partial charge in [-0.2, -0.15) is 4.31 Å². The summed E-state index contributed by atoms with van der Waals surface area (Å²) in [6.45, 7) is 2.05. The quantitative estimate of drug-likeness (QED) is 0.570. The number of benzene rings is 2. The van der Waals surface area contributed by atoms with Crippen LogP contribution in [0, 0.1) is 11.8 Å². The number of ether oxygens (including phenoxy) is 1. The minimum Gasteiger partial charge on any atom is -0.431 e. The van der Waals surface area contributed by atoms with Crippen LogP contribution in [0.4, 0.5) is 0 Å². The summed E-state index contributed by atoms with van der Waals surface area (Å²) in [5, 5.41) is 4.67. The van der Waals surface area contributed by atoms with Gasteiger partial charge in [-0.05, 0) is 54.2 Å². The first-order valence-corrected chi connectivity index (χ1v) is 12.9. The Morgan fingerprint density at radius 3 is 2.83 bits per heavy atom. The van der Waals surface area contributed by atoms with Gasteiger partial charge in [0.2, 0.25) is 10.0 Å². The van der Waals surface area contributed by atoms with Crippen LogP contribution >= 0.6 is 22.9 Å². The highest BCUT2D eigenvalue weighted by Gasteiger charge is 2.54. The summed E-state index contributed by atoms with van der Waals surface area (Å²) in [6, 6.07) is 13.6. The molecule has 6 nitrogen and oxygen atoms in total. The Hall–Kier alpha value is -1.71. The maximum Gasteiger partial charge on any atom is 0.279 e. The first-order chi connectivity index (χ1) is 14.4. The minimum absolute atomic E-state index is 0.0835. The molecule has 0 radical (unpaired) electrons. The molecule has 1 N–H and O–H groups in total. The highest BCUT2D eigenvalue weighted by atomic mass is 35.5. The molecule has 1 saturated carbocycles. The first kappa shape index (κ1) is 20.2. The normalized spacial score (nSPS) is 23.6. The largest absolute Gasteiger partial charge is 0.431 e. The predicted octanol–water partition coefficient (Wildman–Crippen LogP) is 4.11. The van der Waals surface area contributed by atoms with Gasteiger partial charge in [0.05, 0.1) is 16.5 Å². The molecule has 0 bridgehead atoms. The fourth-order valence-corrected chi connectivity index (χ4v) is 6.40. The Balaban J connectivity index is 1.17. The van der Waals surface area contributed by atoms with E-state index >= 15 is 0 Å². The number of aromatic nitrogens is 1. The van der Waals surface area contributed by atoms with Gasteiger partial charge in [-0.1, -0.05) is 35.1 Å². The van der Waals surface area contributed by atoms with E-state index in [9.17, 15) is 8.42 Å². The second-order valence-electron chi connectivity index (χ2n) is 8.03. The van der Waals surface area contributed by atoms with Crippen molar-refractivity contribution >= 4 is 43.2 Å². The van der Waals surface area contributed by atoms with Gasteiger partial charge >= 0.3 is 0 Å². The Morgan fingerprint density at radius 1 is 1.27 bits per heavy atom. The van der Waals surface area contributed by atoms with Crippen LogP contribution in [-0.4, -0.2) is 43.1 Å². The fourth-order valence-electron chi connectivity index (χ4n) is 4.23. The van der Waals surface area contributed by atoms with Crippen LogP contribution in [0.1, 0.15) is 12.0 Å². The van der Waals surface area contributed by atoms with Crippen LogP contribution in [0.3, 0.4) is 0 Å². The molecule has 3 aromatic rings. The molecule has 2 aliphatic rings. The van der Waals surface area contributed by atoms with E-state index < -0.39 is 10.0 Å². The number of sulfonamides is 1. The van der Waals surface area contributed by atoms with Crippen molar-refractivity contribution < 1.29 is 13.2 Å². The smallest absolute Gasteiger partial charge is 0.279 e. The highest BCUT2D eigenvalue weighted by molar-refractivity contribution is 7.88. The number of nitrogens with zero attached hydrogens (tertiary/aromatic N) is 2. The lowest BCUT2D eigenvalue weighted by Gasteiger charge is -2.25. The van der Waals surface area contributed by atoms with E-state index in [0.29, 0.717) is 41.7 Å². The van der Waals surface area contributed by atoms with Crippen LogP contribution < -0.4 is 10.1 Å². The lowest BCUT2D eigenvalue weighted by Crippen LogP contribution is -2.43. The van der Waals surface area contributed by atoms with E-state index in [0.717, 1.165) is 28.0 Å². The van der Waals surface area contributed by atoms with Crippen molar-refractivity contribution in [3.05, 3.63) is 53.1 Å². The molecule has 9 heteroatoms. The van der Waals surface area contributed by atoms with Crippen LogP contribution in [0.2, 0.25) is 5.02 Å². The number of hydrogen-bond donors (Lipinski definition) is 1. The van der Waals surface area contributed by atoms with Gasteiger partial charge in [0.15, 0.2) is 0 Å². The number of halogens is 1. The van der Waals surface area contributed by atoms with Crippen molar-refractivity contribution in [2.45, 2.75) is 19.0 Å². The molecule has 3 atom stereocenters. The Labute approximate surface area is 184 Å². The van der Waals surface area contributed by atoms with Crippen molar-refractivity contribution in [2.75, 3.05) is 19.3 Å². The van der Waals surface area contributed by atoms with Crippen LogP contribution in [-0.2, 0) is 16.6 Å². The number of nitrogens with one attached hydrogen (secondary N) is 1. The molecule has 3 unspecified atom stereocenters. The van der Waals surface area contributed by atoms with E-state index in [1.54, 1.807) is 4.31 Å². The van der Waals surface area contributed by atoms with Crippen LogP contribution in [0.25, 0.3) is 10.2 Å². The average Bonchev–Trinajstić information content (AvgIpc) is 3.20. The maximum absolute atomic E-state index is 12.0. The molecule has 0 spiro atoms. The number of thiazole rings is 1. The van der Waals surface area contributed by atoms with Crippen molar-refractivity contribution in [2.24, 2.45) is 11.8 Å². The highest BCUT2D eigenvalue weighted by Crippen LogP contribution is 2.50. The van der Waals surface area contributed by atoms with Crippen LogP contribution in [0.15, 0.2) is 42.5 Å². The molecule has 5 rings (SSSR count). The van der Waals surface area contributed by atoms with Gasteiger partial charge in [-0.15, -0.1) is 0 Å². The van der Waals surface area contributed by atoms with Crippen molar-refractivity contribution in [3.8, 4) is 10.9 Å². The van der Waals surface area contributed by atoms with Crippen molar-refractivity contribution in [1.82, 2.24) is 14.6 Å². The molecule has 2 fully saturated rings. The zero-order valence-corrected chi connectivity index (χ0v) is 18.8. The fraction of sp³-hybridized carbons (Fsp3) is 0.381. The Kier molecular flexibility index (Phi) is 5.23. The van der Waals surface area contributed by atoms with E-state index in [-0.39, 0.29) is 6.04 Å². The Morgan fingerprint density at radius 2 is 2.07 bits per heavy atom. The summed E-state index contributed by atoms with van der Waals surface area (Å²) < 4.78 is 32.5. The van der Waals surface area contributed by atoms with E-state index in [4.69, 9.17) is 16.3 Å². The maximum atomic E-state index is 12.0. The number of fused-ring (bicyclic) bond motifs is 2. The van der Waals surface area contributed by atoms with Crippen molar-refractivity contribution in [1.29, 1.82) is 0 Å². The van der Waals surface area contributed by atoms with Gasteiger partial charge in [0, 0.05) is 30.7 Å². The molecular weight excluding hydrogens is 442 g/mol. The third kappa shape index (κ3) is 4.20. The third-order valence-corrected chi connectivity index (χ3v) is 8.24. The molecule has 2 heterocycles. The predicted molar refractivity (Wildman–Crippen MR) is 120 cm³/mol. The number of hydrogen-bond acceptors (Lipinski definition) is 6. The van der Waals surface area contributed by atoms with Gasteiger partial charge in [0.1, 0.15) is 5.75 Å². The van der Waals surface area contributed by atoms with Gasteiger partial charge in [-0.25, -0.2) is 13.4 Å². The molecule has 1 saturated heterocycles. The lowest BCUT2D eigenvalue weighted by atomic mass is 10.2. The zero-order valence-electron chi connectivity index (χ0n) is 16.4. The molecule has 2 aromatic carbocycles. The summed E-state index contributed by atoms with van der Waals surface area (Å²) >= 11 is 7.50. The second-order valence-corrected chi connectivity index (χ2v) is 11.4. The third-order valence-electron chi connectivity index (χ3n) is 5.82. The first-order valence-electron chi connectivity index (χ1n) is 9.87. The summed E-state index contributed by atoms with van der Waals surface area (Å²) in [5.41, 5.74) is 1.95. The van der Waals surface area contributed by atoms with E-state index in [1.165, 1.54) is 17.6 Å². The molecule has 1 aliphatic carbocycles. The molecule has 158 valence electrons. The minimum atomic E-state index is -3.13. The number of piperidine rings is 1. The number of rotatable bonds is 7.